The van der Waals surface area contributed by atoms with Crippen LogP contribution in [0.5, 0.6) is 0 Å². The van der Waals surface area contributed by atoms with Crippen molar-refractivity contribution < 1.29 is 13.9 Å². The van der Waals surface area contributed by atoms with E-state index in [4.69, 9.17) is 9.15 Å². The lowest BCUT2D eigenvalue weighted by molar-refractivity contribution is -0.0122. The Bertz CT molecular complexity index is 1100. The molecule has 1 amide bonds. The maximum atomic E-state index is 12.8. The van der Waals surface area contributed by atoms with Crippen LogP contribution in [0.2, 0.25) is 0 Å². The molecule has 0 bridgehead atoms. The molecule has 33 heavy (non-hydrogen) atoms. The second-order valence-electron chi connectivity index (χ2n) is 9.11. The van der Waals surface area contributed by atoms with Crippen LogP contribution in [-0.2, 0) is 16.7 Å². The molecule has 1 fully saturated rings. The van der Waals surface area contributed by atoms with Crippen LogP contribution in [0.25, 0.3) is 0 Å². The van der Waals surface area contributed by atoms with Gasteiger partial charge in [-0.05, 0) is 49.2 Å². The van der Waals surface area contributed by atoms with Crippen molar-refractivity contribution in [2.75, 3.05) is 39.2 Å². The predicted octanol–water partition coefficient (Wildman–Crippen LogP) is 3.84. The maximum Gasteiger partial charge on any atom is 0.287 e. The highest BCUT2D eigenvalue weighted by atomic mass is 32.1. The first-order valence-corrected chi connectivity index (χ1v) is 12.1. The number of methoxy groups -OCH3 is 1. The van der Waals surface area contributed by atoms with E-state index in [0.717, 1.165) is 43.2 Å². The number of amides is 1. The maximum absolute atomic E-state index is 12.8. The van der Waals surface area contributed by atoms with Gasteiger partial charge in [0.15, 0.2) is 10.9 Å². The summed E-state index contributed by atoms with van der Waals surface area (Å²) in [6, 6.07) is 11.7. The Kier molecular flexibility index (Phi) is 5.99. The van der Waals surface area contributed by atoms with Crippen molar-refractivity contribution in [2.24, 2.45) is 0 Å². The molecule has 1 saturated heterocycles. The molecule has 1 spiro atoms. The van der Waals surface area contributed by atoms with Crippen LogP contribution in [0.15, 0.2) is 53.3 Å². The lowest BCUT2D eigenvalue weighted by atomic mass is 9.72. The van der Waals surface area contributed by atoms with E-state index in [0.29, 0.717) is 5.76 Å². The van der Waals surface area contributed by atoms with Crippen molar-refractivity contribution in [1.82, 2.24) is 15.2 Å². The number of carbonyl (C=O) groups excluding carboxylic acids is 1. The summed E-state index contributed by atoms with van der Waals surface area (Å²) in [5.41, 5.74) is 2.33. The van der Waals surface area contributed by atoms with E-state index in [1.165, 1.54) is 16.7 Å². The highest BCUT2D eigenvalue weighted by molar-refractivity contribution is 7.15. The summed E-state index contributed by atoms with van der Waals surface area (Å²) in [4.78, 5) is 23.2. The molecule has 174 valence electrons. The number of rotatable bonds is 6. The summed E-state index contributed by atoms with van der Waals surface area (Å²) in [5, 5.41) is 4.23. The number of thiazole rings is 1. The van der Waals surface area contributed by atoms with Gasteiger partial charge >= 0.3 is 0 Å². The van der Waals surface area contributed by atoms with Gasteiger partial charge in [-0.3, -0.25) is 9.69 Å². The lowest BCUT2D eigenvalue weighted by Crippen LogP contribution is -2.50. The predicted molar refractivity (Wildman–Crippen MR) is 129 cm³/mol. The minimum absolute atomic E-state index is 0.120. The smallest absolute Gasteiger partial charge is 0.287 e. The number of carbonyl (C=O) groups is 1. The van der Waals surface area contributed by atoms with Gasteiger partial charge in [-0.15, -0.1) is 11.3 Å². The van der Waals surface area contributed by atoms with Crippen LogP contribution in [0, 0.1) is 0 Å². The first-order valence-electron chi connectivity index (χ1n) is 11.3. The van der Waals surface area contributed by atoms with E-state index < -0.39 is 0 Å². The van der Waals surface area contributed by atoms with Gasteiger partial charge < -0.3 is 19.4 Å². The fraction of sp³-hybridized carbons (Fsp3) is 0.440. The van der Waals surface area contributed by atoms with Crippen molar-refractivity contribution in [3.05, 3.63) is 70.6 Å². The van der Waals surface area contributed by atoms with E-state index >= 15 is 0 Å². The molecule has 0 unspecified atom stereocenters. The Morgan fingerprint density at radius 2 is 2.06 bits per heavy atom. The van der Waals surface area contributed by atoms with Gasteiger partial charge in [-0.1, -0.05) is 24.3 Å². The van der Waals surface area contributed by atoms with Crippen molar-refractivity contribution in [3.8, 4) is 0 Å². The van der Waals surface area contributed by atoms with E-state index in [2.05, 4.69) is 38.3 Å². The highest BCUT2D eigenvalue weighted by Crippen LogP contribution is 2.52. The molecule has 7 nitrogen and oxygen atoms in total. The molecular weight excluding hydrogens is 436 g/mol. The summed E-state index contributed by atoms with van der Waals surface area (Å²) < 4.78 is 11.4. The van der Waals surface area contributed by atoms with E-state index in [1.54, 1.807) is 30.6 Å². The molecule has 0 saturated carbocycles. The quantitative estimate of drug-likeness (QED) is 0.595. The number of nitrogens with zero attached hydrogens (tertiary/aromatic N) is 3. The highest BCUT2D eigenvalue weighted by Gasteiger charge is 2.54. The number of benzene rings is 1. The zero-order chi connectivity index (χ0) is 23.0. The molecule has 8 heteroatoms. The first kappa shape index (κ1) is 22.1. The monoisotopic (exact) mass is 466 g/mol. The van der Waals surface area contributed by atoms with Gasteiger partial charge in [0, 0.05) is 44.2 Å². The Hall–Kier alpha value is -2.68. The third kappa shape index (κ3) is 3.96. The van der Waals surface area contributed by atoms with Gasteiger partial charge in [0.1, 0.15) is 0 Å². The molecule has 5 rings (SSSR count). The fourth-order valence-electron chi connectivity index (χ4n) is 5.45. The van der Waals surface area contributed by atoms with Crippen LogP contribution in [0.1, 0.15) is 45.4 Å². The van der Waals surface area contributed by atoms with Gasteiger partial charge in [0.2, 0.25) is 0 Å². The number of likely N-dealkylation sites (tertiary alicyclic amines) is 1. The Morgan fingerprint density at radius 1 is 1.27 bits per heavy atom. The standard InChI is InChI=1S/C25H30N4O3S/c1-28(2)24-26-15-17(33-24)16-29-12-10-25(11-13-29)19-8-5-4-7-18(19)21(22(25)31-3)27-23(30)20-9-6-14-32-20/h4-9,14-15,21-22H,10-13,16H2,1-3H3,(H,27,30)/t21-,22+/m1/s1. The first-order chi connectivity index (χ1) is 16.0. The molecule has 0 radical (unpaired) electrons. The van der Waals surface area contributed by atoms with Gasteiger partial charge in [0.25, 0.3) is 5.91 Å². The number of nitrogens with one attached hydrogen (secondary N) is 1. The Balaban J connectivity index is 1.35. The largest absolute Gasteiger partial charge is 0.459 e. The van der Waals surface area contributed by atoms with E-state index in [9.17, 15) is 4.79 Å². The van der Waals surface area contributed by atoms with Crippen LogP contribution in [0.4, 0.5) is 5.13 Å². The molecule has 1 aliphatic carbocycles. The molecule has 1 aromatic carbocycles. The molecule has 3 aromatic rings. The zero-order valence-corrected chi connectivity index (χ0v) is 20.1. The van der Waals surface area contributed by atoms with E-state index in [1.807, 2.05) is 26.4 Å². The summed E-state index contributed by atoms with van der Waals surface area (Å²) in [5.74, 6) is 0.109. The number of hydrogen-bond donors (Lipinski definition) is 1. The molecule has 2 aliphatic rings. The average Bonchev–Trinajstić information content (AvgIpc) is 3.56. The molecule has 2 aromatic heterocycles. The van der Waals surface area contributed by atoms with Crippen molar-refractivity contribution in [2.45, 2.75) is 36.9 Å². The number of piperidine rings is 1. The Morgan fingerprint density at radius 3 is 2.73 bits per heavy atom. The number of hydrogen-bond acceptors (Lipinski definition) is 7. The number of aromatic nitrogens is 1. The van der Waals surface area contributed by atoms with Gasteiger partial charge in [-0.25, -0.2) is 4.98 Å². The summed E-state index contributed by atoms with van der Waals surface area (Å²) >= 11 is 1.75. The second-order valence-corrected chi connectivity index (χ2v) is 10.2. The molecular formula is C25H30N4O3S. The van der Waals surface area contributed by atoms with Crippen LogP contribution in [0.3, 0.4) is 0 Å². The summed E-state index contributed by atoms with van der Waals surface area (Å²) in [7, 11) is 5.81. The van der Waals surface area contributed by atoms with Crippen LogP contribution >= 0.6 is 11.3 Å². The van der Waals surface area contributed by atoms with Crippen molar-refractivity contribution >= 4 is 22.4 Å². The SMILES string of the molecule is CO[C@H]1[C@H](NC(=O)c2ccco2)c2ccccc2C12CCN(Cc1cnc(N(C)C)s1)CC2. The zero-order valence-electron chi connectivity index (χ0n) is 19.3. The number of furan rings is 1. The minimum Gasteiger partial charge on any atom is -0.459 e. The third-order valence-electron chi connectivity index (χ3n) is 7.02. The molecule has 1 N–H and O–H groups in total. The number of anilines is 1. The topological polar surface area (TPSA) is 70.8 Å². The molecule has 1 aliphatic heterocycles. The molecule has 2 atom stereocenters. The number of fused-ring (bicyclic) bond motifs is 2. The normalized spacial score (nSPS) is 21.8. The van der Waals surface area contributed by atoms with Crippen LogP contribution in [-0.4, -0.2) is 56.2 Å². The second kappa shape index (κ2) is 8.93. The van der Waals surface area contributed by atoms with Crippen molar-refractivity contribution in [3.63, 3.8) is 0 Å². The third-order valence-corrected chi connectivity index (χ3v) is 8.17. The summed E-state index contributed by atoms with van der Waals surface area (Å²) in [6.45, 7) is 2.87. The summed E-state index contributed by atoms with van der Waals surface area (Å²) in [6.07, 6.45) is 5.35. The van der Waals surface area contributed by atoms with Crippen LogP contribution < -0.4 is 10.2 Å². The van der Waals surface area contributed by atoms with E-state index in [-0.39, 0.29) is 23.5 Å². The Labute approximate surface area is 198 Å². The van der Waals surface area contributed by atoms with Crippen molar-refractivity contribution in [1.29, 1.82) is 0 Å². The number of ether oxygens (including phenoxy) is 1. The lowest BCUT2D eigenvalue weighted by Gasteiger charge is -2.44. The fourth-order valence-corrected chi connectivity index (χ4v) is 6.33. The molecule has 3 heterocycles. The van der Waals surface area contributed by atoms with Gasteiger partial charge in [0.05, 0.1) is 18.4 Å². The minimum atomic E-state index is -0.210. The van der Waals surface area contributed by atoms with Gasteiger partial charge in [-0.2, -0.15) is 0 Å². The average molecular weight is 467 g/mol.